The van der Waals surface area contributed by atoms with Gasteiger partial charge in [0, 0.05) is 16.9 Å². The van der Waals surface area contributed by atoms with Crippen LogP contribution in [0.1, 0.15) is 55.4 Å². The Balaban J connectivity index is 1.87. The molecular weight excluding hydrogens is 284 g/mol. The Labute approximate surface area is 128 Å². The lowest BCUT2D eigenvalue weighted by atomic mass is 10.1. The molecule has 0 unspecified atom stereocenters. The maximum atomic E-state index is 12.0. The maximum absolute atomic E-state index is 12.0. The second-order valence-electron chi connectivity index (χ2n) is 5.22. The summed E-state index contributed by atoms with van der Waals surface area (Å²) in [6.45, 7) is 1.88. The van der Waals surface area contributed by atoms with Gasteiger partial charge in [0.25, 0.3) is 0 Å². The van der Waals surface area contributed by atoms with Crippen molar-refractivity contribution in [2.24, 2.45) is 0 Å². The topological polar surface area (TPSA) is 60.7 Å². The highest BCUT2D eigenvalue weighted by Crippen LogP contribution is 2.35. The van der Waals surface area contributed by atoms with Crippen LogP contribution in [0.15, 0.2) is 34.3 Å². The smallest absolute Gasteiger partial charge is 0.214 e. The van der Waals surface area contributed by atoms with Crippen molar-refractivity contribution in [3.63, 3.8) is 0 Å². The average Bonchev–Trinajstić information content (AvgIpc) is 3.17. The molecule has 0 atom stereocenters. The number of Topliss-reactive ketones (excluding diaryl/α,β-unsaturated/α-hetero) is 1. The zero-order valence-corrected chi connectivity index (χ0v) is 12.8. The van der Waals surface area contributed by atoms with Gasteiger partial charge >= 0.3 is 0 Å². The van der Waals surface area contributed by atoms with Crippen molar-refractivity contribution in [3.05, 3.63) is 29.8 Å². The molecule has 6 heteroatoms. The van der Waals surface area contributed by atoms with Crippen molar-refractivity contribution in [3.8, 4) is 0 Å². The van der Waals surface area contributed by atoms with Gasteiger partial charge in [-0.15, -0.1) is 5.10 Å². The first kappa shape index (κ1) is 14.3. The minimum atomic E-state index is 0.151. The van der Waals surface area contributed by atoms with E-state index in [1.54, 1.807) is 0 Å². The van der Waals surface area contributed by atoms with E-state index in [1.807, 2.05) is 35.9 Å². The summed E-state index contributed by atoms with van der Waals surface area (Å²) < 4.78 is 1.92. The zero-order chi connectivity index (χ0) is 14.7. The van der Waals surface area contributed by atoms with Crippen molar-refractivity contribution < 1.29 is 4.79 Å². The van der Waals surface area contributed by atoms with Crippen LogP contribution in [0.5, 0.6) is 0 Å². The number of aromatic nitrogens is 4. The Morgan fingerprint density at radius 3 is 2.86 bits per heavy atom. The normalized spacial score (nSPS) is 15.5. The monoisotopic (exact) mass is 302 g/mol. The summed E-state index contributed by atoms with van der Waals surface area (Å²) in [5.41, 5.74) is 0.756. The molecule has 1 aromatic carbocycles. The molecule has 1 fully saturated rings. The fourth-order valence-corrected chi connectivity index (χ4v) is 3.70. The van der Waals surface area contributed by atoms with Crippen LogP contribution < -0.4 is 0 Å². The second kappa shape index (κ2) is 6.39. The van der Waals surface area contributed by atoms with Gasteiger partial charge in [0.1, 0.15) is 0 Å². The van der Waals surface area contributed by atoms with E-state index in [0.717, 1.165) is 28.5 Å². The number of hydrogen-bond donors (Lipinski definition) is 0. The quantitative estimate of drug-likeness (QED) is 0.791. The number of nitrogens with zero attached hydrogens (tertiary/aromatic N) is 4. The van der Waals surface area contributed by atoms with Crippen LogP contribution in [0.3, 0.4) is 0 Å². The maximum Gasteiger partial charge on any atom is 0.214 e. The molecule has 21 heavy (non-hydrogen) atoms. The van der Waals surface area contributed by atoms with Crippen LogP contribution in [0.2, 0.25) is 0 Å². The Kier molecular flexibility index (Phi) is 4.34. The third kappa shape index (κ3) is 3.00. The van der Waals surface area contributed by atoms with Gasteiger partial charge in [-0.2, -0.15) is 0 Å². The highest BCUT2D eigenvalue weighted by atomic mass is 32.2. The molecule has 1 heterocycles. The molecule has 1 saturated carbocycles. The molecule has 110 valence electrons. The van der Waals surface area contributed by atoms with Gasteiger partial charge in [-0.05, 0) is 41.1 Å². The Morgan fingerprint density at radius 2 is 2.10 bits per heavy atom. The summed E-state index contributed by atoms with van der Waals surface area (Å²) in [6.07, 6.45) is 5.24. The first-order chi connectivity index (χ1) is 10.3. The van der Waals surface area contributed by atoms with E-state index in [1.165, 1.54) is 24.6 Å². The highest BCUT2D eigenvalue weighted by molar-refractivity contribution is 7.99. The van der Waals surface area contributed by atoms with Crippen molar-refractivity contribution in [1.29, 1.82) is 0 Å². The molecule has 2 aromatic rings. The van der Waals surface area contributed by atoms with E-state index in [2.05, 4.69) is 15.5 Å². The molecule has 0 spiro atoms. The lowest BCUT2D eigenvalue weighted by Crippen LogP contribution is -2.08. The van der Waals surface area contributed by atoms with E-state index >= 15 is 0 Å². The molecule has 0 saturated heterocycles. The molecule has 0 radical (unpaired) electrons. The first-order valence-corrected chi connectivity index (χ1v) is 8.19. The number of carbonyl (C=O) groups excluding carboxylic acids is 1. The Bertz CT molecular complexity index is 634. The van der Waals surface area contributed by atoms with Gasteiger partial charge in [0.15, 0.2) is 5.78 Å². The fraction of sp³-hybridized carbons (Fsp3) is 0.467. The van der Waals surface area contributed by atoms with E-state index in [9.17, 15) is 4.79 Å². The lowest BCUT2D eigenvalue weighted by molar-refractivity contribution is 0.0985. The number of ketones is 1. The van der Waals surface area contributed by atoms with E-state index in [4.69, 9.17) is 0 Å². The number of tetrazole rings is 1. The van der Waals surface area contributed by atoms with Gasteiger partial charge in [-0.3, -0.25) is 4.79 Å². The predicted octanol–water partition coefficient (Wildman–Crippen LogP) is 3.53. The molecule has 5 nitrogen and oxygen atoms in total. The standard InChI is InChI=1S/C15H18N4OS/c1-2-13(20)12-9-5-6-10-14(12)21-15-16-17-18-19(15)11-7-3-4-8-11/h5-6,9-11H,2-4,7-8H2,1H3. The molecule has 1 aromatic heterocycles. The predicted molar refractivity (Wildman–Crippen MR) is 80.5 cm³/mol. The summed E-state index contributed by atoms with van der Waals surface area (Å²) in [4.78, 5) is 13.0. The van der Waals surface area contributed by atoms with Crippen LogP contribution in [0.4, 0.5) is 0 Å². The summed E-state index contributed by atoms with van der Waals surface area (Å²) in [6, 6.07) is 8.07. The average molecular weight is 302 g/mol. The number of carbonyl (C=O) groups is 1. The molecule has 1 aliphatic carbocycles. The van der Waals surface area contributed by atoms with Crippen LogP contribution in [0, 0.1) is 0 Å². The minimum Gasteiger partial charge on any atom is -0.294 e. The molecule has 0 amide bonds. The third-order valence-corrected chi connectivity index (χ3v) is 4.87. The summed E-state index contributed by atoms with van der Waals surface area (Å²) >= 11 is 1.48. The summed E-state index contributed by atoms with van der Waals surface area (Å²) in [5, 5.41) is 12.9. The van der Waals surface area contributed by atoms with Gasteiger partial charge in [-0.1, -0.05) is 38.0 Å². The number of hydrogen-bond acceptors (Lipinski definition) is 5. The molecule has 0 aliphatic heterocycles. The number of benzene rings is 1. The van der Waals surface area contributed by atoms with Crippen molar-refractivity contribution in [1.82, 2.24) is 20.2 Å². The molecule has 0 bridgehead atoms. The van der Waals surface area contributed by atoms with E-state index in [-0.39, 0.29) is 5.78 Å². The van der Waals surface area contributed by atoms with Gasteiger partial charge in [-0.25, -0.2) is 4.68 Å². The third-order valence-electron chi connectivity index (χ3n) is 3.84. The molecular formula is C15H18N4OS. The molecule has 3 rings (SSSR count). The van der Waals surface area contributed by atoms with Gasteiger partial charge in [0.05, 0.1) is 6.04 Å². The summed E-state index contributed by atoms with van der Waals surface area (Å²) in [7, 11) is 0. The van der Waals surface area contributed by atoms with Crippen molar-refractivity contribution in [2.75, 3.05) is 0 Å². The van der Waals surface area contributed by atoms with E-state index < -0.39 is 0 Å². The molecule has 0 N–H and O–H groups in total. The molecule has 1 aliphatic rings. The van der Waals surface area contributed by atoms with Crippen LogP contribution in [-0.4, -0.2) is 26.0 Å². The minimum absolute atomic E-state index is 0.151. The summed E-state index contributed by atoms with van der Waals surface area (Å²) in [5.74, 6) is 0.151. The largest absolute Gasteiger partial charge is 0.294 e. The van der Waals surface area contributed by atoms with Crippen molar-refractivity contribution >= 4 is 17.5 Å². The second-order valence-corrected chi connectivity index (χ2v) is 6.23. The van der Waals surface area contributed by atoms with Crippen LogP contribution in [-0.2, 0) is 0 Å². The van der Waals surface area contributed by atoms with Crippen LogP contribution in [0.25, 0.3) is 0 Å². The van der Waals surface area contributed by atoms with Crippen LogP contribution >= 0.6 is 11.8 Å². The lowest BCUT2D eigenvalue weighted by Gasteiger charge is -2.12. The van der Waals surface area contributed by atoms with E-state index in [0.29, 0.717) is 12.5 Å². The van der Waals surface area contributed by atoms with Gasteiger partial charge < -0.3 is 0 Å². The Hall–Kier alpha value is -1.69. The van der Waals surface area contributed by atoms with Gasteiger partial charge in [0.2, 0.25) is 5.16 Å². The Morgan fingerprint density at radius 1 is 1.33 bits per heavy atom. The fourth-order valence-electron chi connectivity index (χ4n) is 2.71. The first-order valence-electron chi connectivity index (χ1n) is 7.37. The highest BCUT2D eigenvalue weighted by Gasteiger charge is 2.22. The zero-order valence-electron chi connectivity index (χ0n) is 12.0. The number of rotatable bonds is 5. The SMILES string of the molecule is CCC(=O)c1ccccc1Sc1nnnn1C1CCCC1. The van der Waals surface area contributed by atoms with Crippen molar-refractivity contribution in [2.45, 2.75) is 55.1 Å².